The predicted molar refractivity (Wildman–Crippen MR) is 83.5 cm³/mol. The lowest BCUT2D eigenvalue weighted by molar-refractivity contribution is -0.124. The summed E-state index contributed by atoms with van der Waals surface area (Å²) in [6, 6.07) is 0. The summed E-state index contributed by atoms with van der Waals surface area (Å²) < 4.78 is 60.7. The lowest BCUT2D eigenvalue weighted by Gasteiger charge is -2.30. The highest BCUT2D eigenvalue weighted by Crippen LogP contribution is 2.70. The third-order valence-corrected chi connectivity index (χ3v) is 6.05. The molecule has 3 atom stereocenters. The Morgan fingerprint density at radius 1 is 1.04 bits per heavy atom. The second-order valence-electron chi connectivity index (χ2n) is 9.04. The van der Waals surface area contributed by atoms with Gasteiger partial charge >= 0.3 is 5.51 Å². The van der Waals surface area contributed by atoms with Crippen molar-refractivity contribution in [3.63, 3.8) is 0 Å². The number of rotatable bonds is 4. The number of alkyl halides is 3. The van der Waals surface area contributed by atoms with E-state index in [1.54, 1.807) is 0 Å². The van der Waals surface area contributed by atoms with Crippen LogP contribution >= 0.6 is 0 Å². The molecule has 0 amide bonds. The van der Waals surface area contributed by atoms with Crippen molar-refractivity contribution in [2.75, 3.05) is 5.75 Å². The summed E-state index contributed by atoms with van der Waals surface area (Å²) in [5.41, 5.74) is -6.94. The molecule has 1 aliphatic rings. The van der Waals surface area contributed by atoms with Crippen LogP contribution in [0, 0.1) is 28.1 Å². The number of hydrogen-bond donors (Lipinski definition) is 0. The Bertz CT molecular complexity index is 579. The summed E-state index contributed by atoms with van der Waals surface area (Å²) >= 11 is 0. The van der Waals surface area contributed by atoms with Gasteiger partial charge in [-0.05, 0) is 29.1 Å². The van der Waals surface area contributed by atoms with Gasteiger partial charge in [0.1, 0.15) is 5.75 Å². The molecule has 1 rings (SSSR count). The zero-order valence-corrected chi connectivity index (χ0v) is 15.7. The molecule has 0 bridgehead atoms. The van der Waals surface area contributed by atoms with Crippen LogP contribution in [0.15, 0.2) is 0 Å². The van der Waals surface area contributed by atoms with Gasteiger partial charge in [0.25, 0.3) is 9.84 Å². The van der Waals surface area contributed by atoms with Gasteiger partial charge in [-0.1, -0.05) is 48.5 Å². The molecule has 1 saturated carbocycles. The minimum absolute atomic E-state index is 0.120. The second-order valence-corrected chi connectivity index (χ2v) is 11.0. The van der Waals surface area contributed by atoms with Crippen LogP contribution < -0.4 is 0 Å². The Labute approximate surface area is 136 Å². The van der Waals surface area contributed by atoms with Gasteiger partial charge in [-0.3, -0.25) is 4.79 Å². The van der Waals surface area contributed by atoms with Crippen LogP contribution in [0.4, 0.5) is 13.2 Å². The van der Waals surface area contributed by atoms with Crippen molar-refractivity contribution in [3.8, 4) is 0 Å². The normalized spacial score (nSPS) is 29.5. The van der Waals surface area contributed by atoms with Gasteiger partial charge < -0.3 is 0 Å². The molecule has 0 aromatic heterocycles. The molecule has 0 spiro atoms. The average Bonchev–Trinajstić information content (AvgIpc) is 2.78. The van der Waals surface area contributed by atoms with E-state index in [9.17, 15) is 26.4 Å². The van der Waals surface area contributed by atoms with Crippen LogP contribution in [-0.2, 0) is 14.6 Å². The predicted octanol–water partition coefficient (Wildman–Crippen LogP) is 4.22. The van der Waals surface area contributed by atoms with Gasteiger partial charge in [-0.15, -0.1) is 0 Å². The Hall–Kier alpha value is -0.590. The fourth-order valence-electron chi connectivity index (χ4n) is 4.22. The Morgan fingerprint density at radius 2 is 1.48 bits per heavy atom. The van der Waals surface area contributed by atoms with E-state index in [1.807, 2.05) is 48.5 Å². The van der Waals surface area contributed by atoms with E-state index in [0.717, 1.165) is 0 Å². The lowest BCUT2D eigenvalue weighted by atomic mass is 9.75. The van der Waals surface area contributed by atoms with Crippen LogP contribution in [0.25, 0.3) is 0 Å². The van der Waals surface area contributed by atoms with Gasteiger partial charge in [0, 0.05) is 5.41 Å². The Balaban J connectivity index is 3.22. The highest BCUT2D eigenvalue weighted by atomic mass is 32.2. The quantitative estimate of drug-likeness (QED) is 0.758. The molecule has 0 aromatic rings. The van der Waals surface area contributed by atoms with Gasteiger partial charge in [0.2, 0.25) is 0 Å². The SMILES string of the molecule is CC1C(C(C)(C)C)C1(CC(C)(C)C)C(=O)CS(=O)(=O)C(F)(F)F. The Morgan fingerprint density at radius 3 is 1.74 bits per heavy atom. The first-order chi connectivity index (χ1) is 9.86. The molecule has 3 nitrogen and oxygen atoms in total. The van der Waals surface area contributed by atoms with Crippen LogP contribution in [0.3, 0.4) is 0 Å². The van der Waals surface area contributed by atoms with E-state index in [4.69, 9.17) is 0 Å². The minimum atomic E-state index is -5.44. The van der Waals surface area contributed by atoms with Crippen LogP contribution in [0.5, 0.6) is 0 Å². The molecule has 0 radical (unpaired) electrons. The first-order valence-electron chi connectivity index (χ1n) is 7.68. The third kappa shape index (κ3) is 3.91. The number of ketones is 1. The molecule has 0 N–H and O–H groups in total. The standard InChI is InChI=1S/C16H27F3O3S/c1-10-12(14(5,6)7)15(10,9-13(2,3)4)11(20)8-23(21,22)16(17,18)19/h10,12H,8-9H2,1-7H3. The van der Waals surface area contributed by atoms with Crippen LogP contribution in [0.1, 0.15) is 54.9 Å². The maximum atomic E-state index is 12.7. The van der Waals surface area contributed by atoms with Crippen LogP contribution in [0.2, 0.25) is 0 Å². The lowest BCUT2D eigenvalue weighted by Crippen LogP contribution is -2.37. The number of halogens is 3. The molecule has 3 unspecified atom stereocenters. The summed E-state index contributed by atoms with van der Waals surface area (Å²) in [4.78, 5) is 12.7. The number of carbonyl (C=O) groups is 1. The molecule has 1 fully saturated rings. The smallest absolute Gasteiger partial charge is 0.298 e. The number of carbonyl (C=O) groups excluding carboxylic acids is 1. The van der Waals surface area contributed by atoms with Gasteiger partial charge in [0.15, 0.2) is 5.78 Å². The maximum absolute atomic E-state index is 12.7. The summed E-state index contributed by atoms with van der Waals surface area (Å²) in [6.45, 7) is 13.4. The van der Waals surface area contributed by atoms with E-state index in [1.165, 1.54) is 0 Å². The van der Waals surface area contributed by atoms with Gasteiger partial charge in [-0.25, -0.2) is 8.42 Å². The highest BCUT2D eigenvalue weighted by molar-refractivity contribution is 7.92. The highest BCUT2D eigenvalue weighted by Gasteiger charge is 2.70. The fourth-order valence-corrected chi connectivity index (χ4v) is 4.99. The summed E-state index contributed by atoms with van der Waals surface area (Å²) in [7, 11) is -5.44. The maximum Gasteiger partial charge on any atom is 0.497 e. The third-order valence-electron chi connectivity index (χ3n) is 4.71. The molecule has 7 heteroatoms. The summed E-state index contributed by atoms with van der Waals surface area (Å²) in [6.07, 6.45) is 0.384. The minimum Gasteiger partial charge on any atom is -0.298 e. The molecular weight excluding hydrogens is 329 g/mol. The van der Waals surface area contributed by atoms with E-state index >= 15 is 0 Å². The van der Waals surface area contributed by atoms with Crippen molar-refractivity contribution in [2.45, 2.75) is 60.4 Å². The first kappa shape index (κ1) is 20.5. The summed E-state index contributed by atoms with van der Waals surface area (Å²) in [5, 5.41) is 0. The monoisotopic (exact) mass is 356 g/mol. The number of hydrogen-bond acceptors (Lipinski definition) is 3. The van der Waals surface area contributed by atoms with Crippen LogP contribution in [-0.4, -0.2) is 25.5 Å². The van der Waals surface area contributed by atoms with Gasteiger partial charge in [-0.2, -0.15) is 13.2 Å². The molecule has 0 heterocycles. The van der Waals surface area contributed by atoms with Crippen molar-refractivity contribution in [1.82, 2.24) is 0 Å². The number of Topliss-reactive ketones (excluding diaryl/α,β-unsaturated/α-hetero) is 1. The van der Waals surface area contributed by atoms with Gasteiger partial charge in [0.05, 0.1) is 0 Å². The topological polar surface area (TPSA) is 51.2 Å². The molecular formula is C16H27F3O3S. The largest absolute Gasteiger partial charge is 0.497 e. The van der Waals surface area contributed by atoms with E-state index in [-0.39, 0.29) is 22.7 Å². The number of sulfone groups is 1. The zero-order chi connectivity index (χ0) is 18.6. The van der Waals surface area contributed by atoms with E-state index in [0.29, 0.717) is 6.42 Å². The van der Waals surface area contributed by atoms with E-state index < -0.39 is 32.3 Å². The molecule has 1 aliphatic carbocycles. The summed E-state index contributed by atoms with van der Waals surface area (Å²) in [5.74, 6) is -2.50. The van der Waals surface area contributed by atoms with Crippen molar-refractivity contribution in [1.29, 1.82) is 0 Å². The molecule has 23 heavy (non-hydrogen) atoms. The Kier molecular flexibility index (Phi) is 4.86. The van der Waals surface area contributed by atoms with E-state index in [2.05, 4.69) is 0 Å². The molecule has 0 saturated heterocycles. The van der Waals surface area contributed by atoms with Crippen molar-refractivity contribution in [2.24, 2.45) is 28.1 Å². The zero-order valence-electron chi connectivity index (χ0n) is 14.8. The van der Waals surface area contributed by atoms with Crippen molar-refractivity contribution >= 4 is 15.6 Å². The van der Waals surface area contributed by atoms with Crippen molar-refractivity contribution in [3.05, 3.63) is 0 Å². The molecule has 0 aromatic carbocycles. The second kappa shape index (κ2) is 5.46. The average molecular weight is 356 g/mol. The molecule has 0 aliphatic heterocycles. The first-order valence-corrected chi connectivity index (χ1v) is 9.34. The fraction of sp³-hybridized carbons (Fsp3) is 0.938. The van der Waals surface area contributed by atoms with Crippen molar-refractivity contribution < 1.29 is 26.4 Å². The molecule has 136 valence electrons.